The molecule has 5 nitrogen and oxygen atoms in total. The molecule has 143 valence electrons. The van der Waals surface area contributed by atoms with Crippen LogP contribution in [0.4, 0.5) is 15.8 Å². The molecule has 2 N–H and O–H groups in total. The van der Waals surface area contributed by atoms with Gasteiger partial charge in [0.25, 0.3) is 0 Å². The number of hydrogen-bond acceptors (Lipinski definition) is 2. The molecule has 7 heteroatoms. The van der Waals surface area contributed by atoms with Crippen molar-refractivity contribution in [2.24, 2.45) is 0 Å². The number of halogens is 2. The molecule has 0 fully saturated rings. The zero-order chi connectivity index (χ0) is 19.8. The number of rotatable bonds is 5. The summed E-state index contributed by atoms with van der Waals surface area (Å²) in [5.74, 6) is -0.270. The summed E-state index contributed by atoms with van der Waals surface area (Å²) < 4.78 is 13.7. The van der Waals surface area contributed by atoms with Crippen LogP contribution in [0.15, 0.2) is 73.1 Å². The van der Waals surface area contributed by atoms with Crippen LogP contribution in [0.1, 0.15) is 5.56 Å². The molecular formula is C22H16ClFN5. The van der Waals surface area contributed by atoms with E-state index < -0.39 is 0 Å². The van der Waals surface area contributed by atoms with Crippen molar-refractivity contribution < 1.29 is 4.39 Å². The molecule has 0 atom stereocenters. The van der Waals surface area contributed by atoms with E-state index >= 15 is 0 Å². The highest BCUT2D eigenvalue weighted by Crippen LogP contribution is 2.28. The lowest BCUT2D eigenvalue weighted by Crippen LogP contribution is -2.28. The average Bonchev–Trinajstić information content (AvgIpc) is 3.34. The highest BCUT2D eigenvalue weighted by Gasteiger charge is 2.13. The third-order valence-electron chi connectivity index (χ3n) is 4.79. The molecule has 0 saturated carbocycles. The summed E-state index contributed by atoms with van der Waals surface area (Å²) >= 11 is 6.26. The Labute approximate surface area is 171 Å². The van der Waals surface area contributed by atoms with Gasteiger partial charge in [0.1, 0.15) is 5.82 Å². The van der Waals surface area contributed by atoms with Gasteiger partial charge >= 0.3 is 0 Å². The first-order chi connectivity index (χ1) is 14.2. The van der Waals surface area contributed by atoms with E-state index in [9.17, 15) is 4.39 Å². The fraction of sp³-hybridized carbons (Fsp3) is 0.0455. The summed E-state index contributed by atoms with van der Waals surface area (Å²) in [5.41, 5.74) is 9.17. The van der Waals surface area contributed by atoms with Gasteiger partial charge in [-0.1, -0.05) is 23.7 Å². The third kappa shape index (κ3) is 3.50. The second-order valence-corrected chi connectivity index (χ2v) is 7.20. The van der Waals surface area contributed by atoms with Crippen LogP contribution in [-0.4, -0.2) is 15.2 Å². The molecular weight excluding hydrogens is 389 g/mol. The predicted molar refractivity (Wildman–Crippen MR) is 114 cm³/mol. The van der Waals surface area contributed by atoms with E-state index in [0.717, 1.165) is 38.7 Å². The molecule has 0 aliphatic heterocycles. The maximum Gasteiger partial charge on any atom is 0.123 e. The molecule has 0 aliphatic rings. The second kappa shape index (κ2) is 7.14. The summed E-state index contributed by atoms with van der Waals surface area (Å²) in [4.78, 5) is 3.12. The molecule has 2 aromatic heterocycles. The Morgan fingerprint density at radius 3 is 2.83 bits per heavy atom. The van der Waals surface area contributed by atoms with Crippen molar-refractivity contribution >= 4 is 44.8 Å². The number of hydrogen-bond donors (Lipinski definition) is 2. The van der Waals surface area contributed by atoms with Crippen LogP contribution in [0.5, 0.6) is 0 Å². The molecule has 2 heterocycles. The molecule has 0 bridgehead atoms. The zero-order valence-electron chi connectivity index (χ0n) is 15.2. The highest BCUT2D eigenvalue weighted by atomic mass is 35.5. The van der Waals surface area contributed by atoms with Gasteiger partial charge in [0.2, 0.25) is 0 Å². The van der Waals surface area contributed by atoms with Crippen molar-refractivity contribution in [2.45, 2.75) is 6.54 Å². The Hall–Kier alpha value is -3.51. The molecule has 3 aromatic carbocycles. The van der Waals surface area contributed by atoms with E-state index in [1.54, 1.807) is 18.5 Å². The maximum atomic E-state index is 13.7. The first kappa shape index (κ1) is 17.6. The Bertz CT molecular complexity index is 1310. The minimum atomic E-state index is -0.270. The molecule has 29 heavy (non-hydrogen) atoms. The lowest BCUT2D eigenvalue weighted by atomic mass is 10.2. The summed E-state index contributed by atoms with van der Waals surface area (Å²) in [5, 5.41) is 11.4. The Balaban J connectivity index is 1.53. The monoisotopic (exact) mass is 404 g/mol. The number of H-pyrrole nitrogens is 2. The predicted octanol–water partition coefficient (Wildman–Crippen LogP) is 5.69. The Kier molecular flexibility index (Phi) is 4.33. The van der Waals surface area contributed by atoms with Crippen LogP contribution < -0.4 is 10.4 Å². The third-order valence-corrected chi connectivity index (χ3v) is 5.11. The van der Waals surface area contributed by atoms with E-state index in [4.69, 9.17) is 17.0 Å². The maximum absolute atomic E-state index is 13.7. The van der Waals surface area contributed by atoms with Crippen LogP contribution in [-0.2, 0) is 6.54 Å². The van der Waals surface area contributed by atoms with Gasteiger partial charge < -0.3 is 4.98 Å². The normalized spacial score (nSPS) is 11.2. The standard InChI is InChI=1S/C22H16ClFN5/c23-20-12-25-22-6-4-17(10-19(20)22)28-29(13-14-2-1-3-16(24)8-14)18-5-7-21-15(9-18)11-26-27-21/h1-12,25H,13H2,(H,26,27). The van der Waals surface area contributed by atoms with E-state index in [-0.39, 0.29) is 5.82 Å². The number of nitrogens with zero attached hydrogens (tertiary/aromatic N) is 3. The first-order valence-corrected chi connectivity index (χ1v) is 9.47. The van der Waals surface area contributed by atoms with Gasteiger partial charge in [0.05, 0.1) is 34.7 Å². The van der Waals surface area contributed by atoms with Crippen molar-refractivity contribution in [3.63, 3.8) is 0 Å². The lowest BCUT2D eigenvalue weighted by molar-refractivity contribution is 0.623. The first-order valence-electron chi connectivity index (χ1n) is 9.09. The van der Waals surface area contributed by atoms with Crippen LogP contribution >= 0.6 is 11.6 Å². The fourth-order valence-electron chi connectivity index (χ4n) is 3.36. The number of benzene rings is 3. The van der Waals surface area contributed by atoms with E-state index in [0.29, 0.717) is 11.6 Å². The minimum absolute atomic E-state index is 0.270. The average molecular weight is 405 g/mol. The lowest BCUT2D eigenvalue weighted by Gasteiger charge is -2.24. The molecule has 0 amide bonds. The molecule has 1 radical (unpaired) electrons. The summed E-state index contributed by atoms with van der Waals surface area (Å²) in [6.45, 7) is 0.417. The number of nitrogens with one attached hydrogen (secondary N) is 2. The highest BCUT2D eigenvalue weighted by molar-refractivity contribution is 6.35. The van der Waals surface area contributed by atoms with Crippen LogP contribution in [0.25, 0.3) is 21.8 Å². The SMILES string of the molecule is Fc1cccc(CN([N]c2ccc3[nH]cc(Cl)c3c2)c2ccc3[nH]ncc3c2)c1. The number of aromatic nitrogens is 3. The summed E-state index contributed by atoms with van der Waals surface area (Å²) in [6.07, 6.45) is 3.53. The molecule has 0 saturated heterocycles. The largest absolute Gasteiger partial charge is 0.360 e. The van der Waals surface area contributed by atoms with E-state index in [2.05, 4.69) is 15.2 Å². The molecule has 5 rings (SSSR count). The van der Waals surface area contributed by atoms with Gasteiger partial charge in [0, 0.05) is 22.5 Å². The van der Waals surface area contributed by atoms with Crippen molar-refractivity contribution in [3.8, 4) is 0 Å². The van der Waals surface area contributed by atoms with Gasteiger partial charge in [-0.2, -0.15) is 10.5 Å². The van der Waals surface area contributed by atoms with Gasteiger partial charge in [-0.05, 0) is 54.1 Å². The molecule has 0 aliphatic carbocycles. The molecule has 0 unspecified atom stereocenters. The van der Waals surface area contributed by atoms with Gasteiger partial charge in [-0.3, -0.25) is 10.1 Å². The quantitative estimate of drug-likeness (QED) is 0.369. The molecule has 0 spiro atoms. The molecule has 5 aromatic rings. The number of anilines is 1. The smallest absolute Gasteiger partial charge is 0.123 e. The zero-order valence-corrected chi connectivity index (χ0v) is 16.0. The Morgan fingerprint density at radius 1 is 1.03 bits per heavy atom. The summed E-state index contributed by atoms with van der Waals surface area (Å²) in [6, 6.07) is 18.3. The van der Waals surface area contributed by atoms with Crippen molar-refractivity contribution in [3.05, 3.63) is 89.5 Å². The van der Waals surface area contributed by atoms with Gasteiger partial charge in [-0.15, -0.1) is 0 Å². The van der Waals surface area contributed by atoms with Crippen LogP contribution in [0, 0.1) is 5.82 Å². The van der Waals surface area contributed by atoms with E-state index in [1.807, 2.05) is 47.5 Å². The number of fused-ring (bicyclic) bond motifs is 2. The fourth-order valence-corrected chi connectivity index (χ4v) is 3.57. The van der Waals surface area contributed by atoms with E-state index in [1.165, 1.54) is 12.1 Å². The van der Waals surface area contributed by atoms with Crippen LogP contribution in [0.3, 0.4) is 0 Å². The minimum Gasteiger partial charge on any atom is -0.360 e. The summed E-state index contributed by atoms with van der Waals surface area (Å²) in [7, 11) is 0. The second-order valence-electron chi connectivity index (χ2n) is 6.80. The number of aromatic amines is 2. The van der Waals surface area contributed by atoms with Crippen molar-refractivity contribution in [2.75, 3.05) is 5.01 Å². The van der Waals surface area contributed by atoms with Crippen LogP contribution in [0.2, 0.25) is 5.02 Å². The van der Waals surface area contributed by atoms with Crippen molar-refractivity contribution in [1.82, 2.24) is 20.6 Å². The van der Waals surface area contributed by atoms with Gasteiger partial charge in [0.15, 0.2) is 0 Å². The van der Waals surface area contributed by atoms with Crippen molar-refractivity contribution in [1.29, 1.82) is 0 Å². The topological polar surface area (TPSA) is 61.8 Å². The van der Waals surface area contributed by atoms with Gasteiger partial charge in [-0.25, -0.2) is 4.39 Å². The Morgan fingerprint density at radius 2 is 1.93 bits per heavy atom.